The third-order valence-corrected chi connectivity index (χ3v) is 3.00. The molecule has 2 rings (SSSR count). The maximum absolute atomic E-state index is 5.50. The minimum absolute atomic E-state index is 0.367. The van der Waals surface area contributed by atoms with Crippen molar-refractivity contribution in [1.29, 1.82) is 0 Å². The van der Waals surface area contributed by atoms with Crippen LogP contribution in [0.2, 0.25) is 0 Å². The van der Waals surface area contributed by atoms with Crippen molar-refractivity contribution < 1.29 is 0 Å². The highest BCUT2D eigenvalue weighted by molar-refractivity contribution is 7.14. The molecule has 2 N–H and O–H groups in total. The summed E-state index contributed by atoms with van der Waals surface area (Å²) in [4.78, 5) is 10.4. The molecule has 0 aliphatic heterocycles. The normalized spacial score (nSPS) is 10.3. The van der Waals surface area contributed by atoms with Gasteiger partial charge >= 0.3 is 0 Å². The molecule has 0 spiro atoms. The van der Waals surface area contributed by atoms with E-state index in [9.17, 15) is 0 Å². The Balaban J connectivity index is 2.29. The van der Waals surface area contributed by atoms with Gasteiger partial charge in [0.25, 0.3) is 0 Å². The maximum Gasteiger partial charge on any atom is 0.144 e. The summed E-state index contributed by atoms with van der Waals surface area (Å²) in [6, 6.07) is 5.94. The Kier molecular flexibility index (Phi) is 2.94. The van der Waals surface area contributed by atoms with Crippen LogP contribution in [0.4, 0.5) is 10.8 Å². The molecule has 2 aromatic rings. The molecule has 0 saturated heterocycles. The van der Waals surface area contributed by atoms with E-state index in [0.717, 1.165) is 10.8 Å². The quantitative estimate of drug-likeness (QED) is 0.856. The van der Waals surface area contributed by atoms with Crippen LogP contribution in [-0.2, 0) is 6.54 Å². The van der Waals surface area contributed by atoms with Crippen molar-refractivity contribution in [2.45, 2.75) is 6.54 Å². The van der Waals surface area contributed by atoms with E-state index >= 15 is 0 Å². The van der Waals surface area contributed by atoms with E-state index in [-0.39, 0.29) is 0 Å². The number of nitrogens with zero attached hydrogens (tertiary/aromatic N) is 3. The van der Waals surface area contributed by atoms with Crippen molar-refractivity contribution >= 4 is 22.2 Å². The van der Waals surface area contributed by atoms with Gasteiger partial charge in [0.05, 0.1) is 11.5 Å². The Labute approximate surface area is 92.4 Å². The van der Waals surface area contributed by atoms with Crippen molar-refractivity contribution in [3.8, 4) is 0 Å². The highest BCUT2D eigenvalue weighted by Crippen LogP contribution is 2.25. The molecule has 5 heteroatoms. The van der Waals surface area contributed by atoms with Gasteiger partial charge in [0.1, 0.15) is 11.6 Å². The number of anilines is 2. The van der Waals surface area contributed by atoms with E-state index in [2.05, 4.69) is 16.0 Å². The molecule has 0 aliphatic carbocycles. The SMILES string of the molecule is CN(c1ccnc(CN)n1)c1cccs1. The van der Waals surface area contributed by atoms with Crippen LogP contribution in [0, 0.1) is 0 Å². The van der Waals surface area contributed by atoms with E-state index in [1.165, 1.54) is 0 Å². The lowest BCUT2D eigenvalue weighted by molar-refractivity contribution is 0.900. The second kappa shape index (κ2) is 4.37. The first-order valence-electron chi connectivity index (χ1n) is 4.60. The van der Waals surface area contributed by atoms with E-state index in [1.807, 2.05) is 29.5 Å². The smallest absolute Gasteiger partial charge is 0.144 e. The summed E-state index contributed by atoms with van der Waals surface area (Å²) in [5, 5.41) is 3.19. The maximum atomic E-state index is 5.50. The molecule has 0 unspecified atom stereocenters. The minimum atomic E-state index is 0.367. The van der Waals surface area contributed by atoms with Crippen molar-refractivity contribution in [2.75, 3.05) is 11.9 Å². The molecule has 0 amide bonds. The number of rotatable bonds is 3. The Morgan fingerprint density at radius 2 is 2.33 bits per heavy atom. The summed E-state index contributed by atoms with van der Waals surface area (Å²) in [7, 11) is 1.98. The second-order valence-electron chi connectivity index (χ2n) is 3.05. The zero-order valence-corrected chi connectivity index (χ0v) is 9.24. The zero-order chi connectivity index (χ0) is 10.7. The van der Waals surface area contributed by atoms with Gasteiger partial charge in [0.2, 0.25) is 0 Å². The fraction of sp³-hybridized carbons (Fsp3) is 0.200. The molecule has 0 saturated carbocycles. The number of nitrogens with two attached hydrogens (primary N) is 1. The van der Waals surface area contributed by atoms with Gasteiger partial charge in [-0.1, -0.05) is 0 Å². The molecule has 78 valence electrons. The van der Waals surface area contributed by atoms with Crippen LogP contribution in [0.1, 0.15) is 5.82 Å². The molecule has 15 heavy (non-hydrogen) atoms. The third-order valence-electron chi connectivity index (χ3n) is 2.05. The number of thiophene rings is 1. The van der Waals surface area contributed by atoms with Gasteiger partial charge in [-0.2, -0.15) is 0 Å². The molecular formula is C10H12N4S. The van der Waals surface area contributed by atoms with Crippen molar-refractivity contribution in [3.63, 3.8) is 0 Å². The lowest BCUT2D eigenvalue weighted by Gasteiger charge is -2.15. The van der Waals surface area contributed by atoms with Crippen LogP contribution in [0.3, 0.4) is 0 Å². The van der Waals surface area contributed by atoms with Crippen LogP contribution in [0.5, 0.6) is 0 Å². The summed E-state index contributed by atoms with van der Waals surface area (Å²) < 4.78 is 0. The summed E-state index contributed by atoms with van der Waals surface area (Å²) in [6.07, 6.45) is 1.73. The topological polar surface area (TPSA) is 55.0 Å². The standard InChI is InChI=1S/C10H12N4S/c1-14(10-3-2-6-15-10)9-4-5-12-8(7-11)13-9/h2-6H,7,11H2,1H3. The summed E-state index contributed by atoms with van der Waals surface area (Å²) in [5.41, 5.74) is 5.50. The van der Waals surface area contributed by atoms with Gasteiger partial charge in [-0.05, 0) is 23.6 Å². The molecule has 4 nitrogen and oxygen atoms in total. The highest BCUT2D eigenvalue weighted by Gasteiger charge is 2.06. The number of hydrogen-bond acceptors (Lipinski definition) is 5. The summed E-state index contributed by atoms with van der Waals surface area (Å²) in [5.74, 6) is 1.53. The van der Waals surface area contributed by atoms with Crippen molar-refractivity contribution in [1.82, 2.24) is 9.97 Å². The summed E-state index contributed by atoms with van der Waals surface area (Å²) in [6.45, 7) is 0.367. The van der Waals surface area contributed by atoms with Gasteiger partial charge in [-0.25, -0.2) is 9.97 Å². The fourth-order valence-electron chi connectivity index (χ4n) is 1.25. The van der Waals surface area contributed by atoms with Crippen molar-refractivity contribution in [2.24, 2.45) is 5.73 Å². The molecule has 0 radical (unpaired) electrons. The van der Waals surface area contributed by atoms with Crippen LogP contribution in [-0.4, -0.2) is 17.0 Å². The predicted octanol–water partition coefficient (Wildman–Crippen LogP) is 1.76. The third kappa shape index (κ3) is 2.14. The average Bonchev–Trinajstić information content (AvgIpc) is 2.81. The number of hydrogen-bond donors (Lipinski definition) is 1. The monoisotopic (exact) mass is 220 g/mol. The van der Waals surface area contributed by atoms with E-state index in [0.29, 0.717) is 12.4 Å². The first-order chi connectivity index (χ1) is 7.31. The molecule has 0 aromatic carbocycles. The first-order valence-corrected chi connectivity index (χ1v) is 5.48. The highest BCUT2D eigenvalue weighted by atomic mass is 32.1. The van der Waals surface area contributed by atoms with Gasteiger partial charge in [0.15, 0.2) is 0 Å². The molecule has 0 bridgehead atoms. The van der Waals surface area contributed by atoms with E-state index in [4.69, 9.17) is 5.73 Å². The second-order valence-corrected chi connectivity index (χ2v) is 3.97. The van der Waals surface area contributed by atoms with Crippen LogP contribution in [0.25, 0.3) is 0 Å². The molecule has 0 aliphatic rings. The predicted molar refractivity (Wildman–Crippen MR) is 62.3 cm³/mol. The first kappa shape index (κ1) is 10.1. The lowest BCUT2D eigenvalue weighted by atomic mass is 10.4. The van der Waals surface area contributed by atoms with E-state index in [1.54, 1.807) is 17.5 Å². The Hall–Kier alpha value is -1.46. The average molecular weight is 220 g/mol. The molecule has 2 aromatic heterocycles. The Morgan fingerprint density at radius 1 is 1.47 bits per heavy atom. The Bertz CT molecular complexity index is 427. The van der Waals surface area contributed by atoms with Crippen LogP contribution >= 0.6 is 11.3 Å². The van der Waals surface area contributed by atoms with Gasteiger partial charge in [-0.15, -0.1) is 11.3 Å². The van der Waals surface area contributed by atoms with Gasteiger partial charge in [0, 0.05) is 13.2 Å². The van der Waals surface area contributed by atoms with Crippen molar-refractivity contribution in [3.05, 3.63) is 35.6 Å². The zero-order valence-electron chi connectivity index (χ0n) is 8.42. The fourth-order valence-corrected chi connectivity index (χ4v) is 1.95. The molecular weight excluding hydrogens is 208 g/mol. The largest absolute Gasteiger partial charge is 0.324 e. The molecule has 0 fully saturated rings. The van der Waals surface area contributed by atoms with Crippen LogP contribution < -0.4 is 10.6 Å². The minimum Gasteiger partial charge on any atom is -0.324 e. The van der Waals surface area contributed by atoms with Crippen LogP contribution in [0.15, 0.2) is 29.8 Å². The lowest BCUT2D eigenvalue weighted by Crippen LogP contribution is -2.12. The van der Waals surface area contributed by atoms with Gasteiger partial charge in [-0.3, -0.25) is 0 Å². The summed E-state index contributed by atoms with van der Waals surface area (Å²) >= 11 is 1.67. The molecule has 0 atom stereocenters. The van der Waals surface area contributed by atoms with Gasteiger partial charge < -0.3 is 10.6 Å². The van der Waals surface area contributed by atoms with E-state index < -0.39 is 0 Å². The Morgan fingerprint density at radius 3 is 3.00 bits per heavy atom. The molecule has 2 heterocycles. The number of aromatic nitrogens is 2.